The van der Waals surface area contributed by atoms with Crippen LogP contribution in [0.25, 0.3) is 6.08 Å². The van der Waals surface area contributed by atoms with Gasteiger partial charge in [-0.25, -0.2) is 0 Å². The van der Waals surface area contributed by atoms with Gasteiger partial charge < -0.3 is 4.74 Å². The molecule has 0 spiro atoms. The number of halogens is 3. The maximum atomic E-state index is 13.2. The van der Waals surface area contributed by atoms with Gasteiger partial charge in [0.2, 0.25) is 0 Å². The lowest BCUT2D eigenvalue weighted by Gasteiger charge is -2.15. The molecule has 3 nitrogen and oxygen atoms in total. The summed E-state index contributed by atoms with van der Waals surface area (Å²) in [6.07, 6.45) is 1.88. The third kappa shape index (κ3) is 5.52. The van der Waals surface area contributed by atoms with Crippen LogP contribution >= 0.6 is 85.1 Å². The first kappa shape index (κ1) is 23.2. The molecule has 3 aromatic carbocycles. The molecule has 4 rings (SSSR count). The van der Waals surface area contributed by atoms with E-state index < -0.39 is 0 Å². The second-order valence-corrected chi connectivity index (χ2v) is 11.6. The third-order valence-corrected chi connectivity index (χ3v) is 7.63. The van der Waals surface area contributed by atoms with E-state index in [1.807, 2.05) is 66.7 Å². The van der Waals surface area contributed by atoms with Crippen LogP contribution in [0.3, 0.4) is 0 Å². The number of thiocarbonyl (C=S) groups is 1. The normalized spacial score (nSPS) is 15.1. The van der Waals surface area contributed by atoms with Crippen LogP contribution in [0.2, 0.25) is 0 Å². The molecule has 0 bridgehead atoms. The lowest BCUT2D eigenvalue weighted by molar-refractivity contribution is -0.113. The number of hydrogen-bond donors (Lipinski definition) is 0. The van der Waals surface area contributed by atoms with E-state index in [4.69, 9.17) is 17.0 Å². The van der Waals surface area contributed by atoms with Crippen LogP contribution in [0.15, 0.2) is 76.1 Å². The van der Waals surface area contributed by atoms with Crippen molar-refractivity contribution in [3.8, 4) is 5.75 Å². The van der Waals surface area contributed by atoms with Crippen molar-refractivity contribution in [2.24, 2.45) is 0 Å². The van der Waals surface area contributed by atoms with E-state index in [0.717, 1.165) is 34.2 Å². The van der Waals surface area contributed by atoms with Crippen molar-refractivity contribution >= 4 is 107 Å². The topological polar surface area (TPSA) is 29.5 Å². The van der Waals surface area contributed by atoms with Crippen molar-refractivity contribution < 1.29 is 9.53 Å². The van der Waals surface area contributed by atoms with Crippen LogP contribution < -0.4 is 9.64 Å². The Morgan fingerprint density at radius 2 is 1.84 bits per heavy atom. The highest BCUT2D eigenvalue weighted by Gasteiger charge is 2.33. The third-order valence-electron chi connectivity index (χ3n) is 4.41. The molecule has 0 N–H and O–H groups in total. The molecule has 0 saturated carbocycles. The number of nitrogens with zero attached hydrogens (tertiary/aromatic N) is 1. The quantitative estimate of drug-likeness (QED) is 0.153. The summed E-state index contributed by atoms with van der Waals surface area (Å²) in [6.45, 7) is 0.456. The molecule has 0 aromatic heterocycles. The number of ether oxygens (including phenoxy) is 1. The summed E-state index contributed by atoms with van der Waals surface area (Å²) in [5.41, 5.74) is 2.70. The van der Waals surface area contributed by atoms with Crippen molar-refractivity contribution in [3.63, 3.8) is 0 Å². The van der Waals surface area contributed by atoms with Crippen LogP contribution in [0, 0.1) is 7.14 Å². The predicted molar refractivity (Wildman–Crippen MR) is 152 cm³/mol. The number of benzene rings is 3. The largest absolute Gasteiger partial charge is 0.487 e. The maximum absolute atomic E-state index is 13.2. The summed E-state index contributed by atoms with van der Waals surface area (Å²) in [5.74, 6) is 0.633. The minimum absolute atomic E-state index is 0.129. The van der Waals surface area contributed by atoms with E-state index in [2.05, 4.69) is 67.2 Å². The number of carbonyl (C=O) groups is 1. The molecule has 3 aromatic rings. The summed E-state index contributed by atoms with van der Waals surface area (Å²) in [4.78, 5) is 15.3. The molecule has 0 atom stereocenters. The van der Waals surface area contributed by atoms with Gasteiger partial charge in [0.05, 0.1) is 14.2 Å². The molecule has 0 unspecified atom stereocenters. The van der Waals surface area contributed by atoms with Crippen LogP contribution in [0.1, 0.15) is 11.1 Å². The van der Waals surface area contributed by atoms with Gasteiger partial charge in [-0.05, 0) is 87.2 Å². The number of amides is 1. The zero-order valence-electron chi connectivity index (χ0n) is 15.8. The Hall–Kier alpha value is -0.950. The Bertz CT molecular complexity index is 1200. The Balaban J connectivity index is 1.66. The first-order valence-electron chi connectivity index (χ1n) is 9.11. The average Bonchev–Trinajstić information content (AvgIpc) is 3.01. The number of rotatable bonds is 5. The van der Waals surface area contributed by atoms with E-state index in [1.54, 1.807) is 4.90 Å². The molecular weight excluding hydrogens is 720 g/mol. The highest BCUT2D eigenvalue weighted by molar-refractivity contribution is 14.1. The molecule has 1 fully saturated rings. The van der Waals surface area contributed by atoms with Gasteiger partial charge in [0.1, 0.15) is 12.4 Å². The van der Waals surface area contributed by atoms with Gasteiger partial charge in [-0.1, -0.05) is 76.3 Å². The van der Waals surface area contributed by atoms with E-state index >= 15 is 0 Å². The lowest BCUT2D eigenvalue weighted by atomic mass is 10.1. The first-order valence-corrected chi connectivity index (χ1v) is 13.3. The second kappa shape index (κ2) is 10.3. The molecule has 0 aliphatic carbocycles. The monoisotopic (exact) mass is 733 g/mol. The van der Waals surface area contributed by atoms with E-state index in [9.17, 15) is 4.79 Å². The van der Waals surface area contributed by atoms with Gasteiger partial charge in [0, 0.05) is 13.6 Å². The van der Waals surface area contributed by atoms with Gasteiger partial charge in [-0.2, -0.15) is 0 Å². The molecule has 1 amide bonds. The summed E-state index contributed by atoms with van der Waals surface area (Å²) >= 11 is 14.8. The maximum Gasteiger partial charge on any atom is 0.270 e. The summed E-state index contributed by atoms with van der Waals surface area (Å²) in [7, 11) is 0. The molecule has 0 radical (unpaired) electrons. The van der Waals surface area contributed by atoms with Crippen LogP contribution in [0.4, 0.5) is 5.69 Å². The summed E-state index contributed by atoms with van der Waals surface area (Å²) < 4.78 is 9.66. The van der Waals surface area contributed by atoms with E-state index in [0.29, 0.717) is 15.8 Å². The minimum Gasteiger partial charge on any atom is -0.487 e. The van der Waals surface area contributed by atoms with Crippen LogP contribution in [-0.4, -0.2) is 10.2 Å². The van der Waals surface area contributed by atoms with E-state index in [-0.39, 0.29) is 5.91 Å². The fourth-order valence-corrected chi connectivity index (χ4v) is 6.74. The van der Waals surface area contributed by atoms with Crippen molar-refractivity contribution in [3.05, 3.63) is 94.4 Å². The molecule has 1 saturated heterocycles. The Morgan fingerprint density at radius 3 is 2.58 bits per heavy atom. The Labute approximate surface area is 226 Å². The minimum atomic E-state index is -0.129. The van der Waals surface area contributed by atoms with Crippen LogP contribution in [-0.2, 0) is 11.4 Å². The lowest BCUT2D eigenvalue weighted by Crippen LogP contribution is -2.27. The van der Waals surface area contributed by atoms with Gasteiger partial charge >= 0.3 is 0 Å². The molecular formula is C23H14BrI2NO2S2. The van der Waals surface area contributed by atoms with Crippen LogP contribution in [0.5, 0.6) is 5.75 Å². The van der Waals surface area contributed by atoms with Gasteiger partial charge in [-0.15, -0.1) is 0 Å². The second-order valence-electron chi connectivity index (χ2n) is 6.58. The molecule has 1 heterocycles. The highest BCUT2D eigenvalue weighted by atomic mass is 127. The molecule has 1 aliphatic heterocycles. The number of thioether (sulfide) groups is 1. The average molecular weight is 734 g/mol. The SMILES string of the molecule is O=C1/C(=C\c2cc(I)cc(I)c2OCc2ccccc2)SC(=S)N1c1cccc(Br)c1. The summed E-state index contributed by atoms with van der Waals surface area (Å²) in [5, 5.41) is 0. The van der Waals surface area contributed by atoms with Crippen molar-refractivity contribution in [1.82, 2.24) is 0 Å². The molecule has 31 heavy (non-hydrogen) atoms. The van der Waals surface area contributed by atoms with Crippen molar-refractivity contribution in [1.29, 1.82) is 0 Å². The zero-order chi connectivity index (χ0) is 22.0. The molecule has 1 aliphatic rings. The predicted octanol–water partition coefficient (Wildman–Crippen LogP) is 7.64. The molecule has 156 valence electrons. The first-order chi connectivity index (χ1) is 14.9. The molecule has 8 heteroatoms. The van der Waals surface area contributed by atoms with Crippen molar-refractivity contribution in [2.45, 2.75) is 6.61 Å². The number of carbonyl (C=O) groups excluding carboxylic acids is 1. The number of hydrogen-bond acceptors (Lipinski definition) is 4. The standard InChI is InChI=1S/C23H14BrI2NO2S2/c24-16-7-4-8-18(11-16)27-22(28)20(31-23(27)30)10-15-9-17(25)12-19(26)21(15)29-13-14-5-2-1-3-6-14/h1-12H,13H2/b20-10+. The number of anilines is 1. The Kier molecular flexibility index (Phi) is 7.73. The summed E-state index contributed by atoms with van der Waals surface area (Å²) in [6, 6.07) is 21.7. The zero-order valence-corrected chi connectivity index (χ0v) is 23.4. The fourth-order valence-electron chi connectivity index (χ4n) is 3.02. The smallest absolute Gasteiger partial charge is 0.270 e. The van der Waals surface area contributed by atoms with E-state index in [1.165, 1.54) is 11.8 Å². The Morgan fingerprint density at radius 1 is 1.06 bits per heavy atom. The fraction of sp³-hybridized carbons (Fsp3) is 0.0435. The van der Waals surface area contributed by atoms with Gasteiger partial charge in [0.15, 0.2) is 4.32 Å². The van der Waals surface area contributed by atoms with Gasteiger partial charge in [0.25, 0.3) is 5.91 Å². The van der Waals surface area contributed by atoms with Crippen molar-refractivity contribution in [2.75, 3.05) is 4.90 Å². The highest BCUT2D eigenvalue weighted by Crippen LogP contribution is 2.39. The van der Waals surface area contributed by atoms with Gasteiger partial charge in [-0.3, -0.25) is 9.69 Å².